The van der Waals surface area contributed by atoms with E-state index in [-0.39, 0.29) is 36.5 Å². The molecule has 0 aliphatic carbocycles. The van der Waals surface area contributed by atoms with Gasteiger partial charge < -0.3 is 24.6 Å². The highest BCUT2D eigenvalue weighted by Crippen LogP contribution is 2.15. The van der Waals surface area contributed by atoms with Crippen LogP contribution in [-0.4, -0.2) is 63.1 Å². The molecular weight excluding hydrogens is 507 g/mol. The minimum atomic E-state index is -0.0742. The highest BCUT2D eigenvalue weighted by atomic mass is 127. The summed E-state index contributed by atoms with van der Waals surface area (Å²) >= 11 is 0. The largest absolute Gasteiger partial charge is 0.494 e. The first-order valence-corrected chi connectivity index (χ1v) is 9.98. The van der Waals surface area contributed by atoms with Crippen LogP contribution in [0.25, 0.3) is 0 Å². The van der Waals surface area contributed by atoms with Gasteiger partial charge in [0.05, 0.1) is 6.61 Å². The maximum absolute atomic E-state index is 11.7. The fourth-order valence-electron chi connectivity index (χ4n) is 2.79. The van der Waals surface area contributed by atoms with Crippen LogP contribution in [0.15, 0.2) is 53.5 Å². The monoisotopic (exact) mass is 540 g/mol. The van der Waals surface area contributed by atoms with Crippen LogP contribution in [0, 0.1) is 0 Å². The molecule has 0 spiro atoms. The quantitative estimate of drug-likeness (QED) is 0.300. The number of halogens is 1. The van der Waals surface area contributed by atoms with Gasteiger partial charge in [-0.3, -0.25) is 9.79 Å². The van der Waals surface area contributed by atoms with E-state index in [2.05, 4.69) is 27.3 Å². The van der Waals surface area contributed by atoms with Crippen LogP contribution in [0.4, 0.5) is 0 Å². The van der Waals surface area contributed by atoms with Crippen LogP contribution in [0.5, 0.6) is 11.5 Å². The summed E-state index contributed by atoms with van der Waals surface area (Å²) in [5.74, 6) is 2.26. The zero-order valence-corrected chi connectivity index (χ0v) is 21.3. The molecule has 1 N–H and O–H groups in total. The predicted molar refractivity (Wildman–Crippen MR) is 135 cm³/mol. The number of hydrogen-bond acceptors (Lipinski definition) is 4. The van der Waals surface area contributed by atoms with Gasteiger partial charge in [0.1, 0.15) is 11.5 Å². The fraction of sp³-hybridized carbons (Fsp3) is 0.391. The number of hydrogen-bond donors (Lipinski definition) is 1. The van der Waals surface area contributed by atoms with Gasteiger partial charge in [-0.25, -0.2) is 0 Å². The molecule has 0 unspecified atom stereocenters. The zero-order valence-electron chi connectivity index (χ0n) is 18.9. The fourth-order valence-corrected chi connectivity index (χ4v) is 2.79. The van der Waals surface area contributed by atoms with Crippen LogP contribution >= 0.6 is 24.0 Å². The number of likely N-dealkylation sites (N-methyl/N-ethyl adjacent to an activating group) is 1. The molecule has 0 aromatic heterocycles. The third-order valence-electron chi connectivity index (χ3n) is 4.44. The number of aliphatic imine (C=N–C) groups is 1. The average Bonchev–Trinajstić information content (AvgIpc) is 2.74. The Bertz CT molecular complexity index is 841. The van der Waals surface area contributed by atoms with Crippen molar-refractivity contribution in [3.63, 3.8) is 0 Å². The van der Waals surface area contributed by atoms with Crippen molar-refractivity contribution in [2.45, 2.75) is 20.0 Å². The summed E-state index contributed by atoms with van der Waals surface area (Å²) in [6.45, 7) is 3.98. The van der Waals surface area contributed by atoms with E-state index in [9.17, 15) is 4.79 Å². The van der Waals surface area contributed by atoms with Crippen LogP contribution < -0.4 is 14.8 Å². The summed E-state index contributed by atoms with van der Waals surface area (Å²) < 4.78 is 11.1. The van der Waals surface area contributed by atoms with Gasteiger partial charge in [-0.05, 0) is 42.3 Å². The third kappa shape index (κ3) is 9.04. The lowest BCUT2D eigenvalue weighted by atomic mass is 10.2. The maximum Gasteiger partial charge on any atom is 0.259 e. The molecule has 0 saturated carbocycles. The summed E-state index contributed by atoms with van der Waals surface area (Å²) in [5.41, 5.74) is 2.21. The summed E-state index contributed by atoms with van der Waals surface area (Å²) in [4.78, 5) is 19.6. The average molecular weight is 540 g/mol. The van der Waals surface area contributed by atoms with Gasteiger partial charge in [0, 0.05) is 41.3 Å². The second-order valence-electron chi connectivity index (χ2n) is 7.06. The summed E-state index contributed by atoms with van der Waals surface area (Å²) in [5, 5.41) is 3.37. The zero-order chi connectivity index (χ0) is 21.9. The molecule has 0 aliphatic rings. The van der Waals surface area contributed by atoms with E-state index in [1.807, 2.05) is 50.4 Å². The Morgan fingerprint density at radius 2 is 1.71 bits per heavy atom. The number of ether oxygens (including phenoxy) is 2. The smallest absolute Gasteiger partial charge is 0.259 e. The van der Waals surface area contributed by atoms with Gasteiger partial charge in [0.2, 0.25) is 0 Å². The number of guanidine groups is 1. The Balaban J connectivity index is 0.00000480. The van der Waals surface area contributed by atoms with Crippen LogP contribution in [0.2, 0.25) is 0 Å². The Hall–Kier alpha value is -2.49. The van der Waals surface area contributed by atoms with Gasteiger partial charge in [-0.1, -0.05) is 24.3 Å². The number of amides is 1. The Morgan fingerprint density at radius 1 is 1.00 bits per heavy atom. The predicted octanol–water partition coefficient (Wildman–Crippen LogP) is 3.38. The molecule has 8 heteroatoms. The van der Waals surface area contributed by atoms with E-state index >= 15 is 0 Å². The minimum Gasteiger partial charge on any atom is -0.494 e. The minimum absolute atomic E-state index is 0. The van der Waals surface area contributed by atoms with Gasteiger partial charge in [-0.2, -0.15) is 0 Å². The second-order valence-corrected chi connectivity index (χ2v) is 7.06. The molecule has 2 aromatic carbocycles. The first-order valence-electron chi connectivity index (χ1n) is 9.98. The molecule has 2 aromatic rings. The number of carbonyl (C=O) groups is 1. The standard InChI is InChI=1S/C23H32N4O3.HI/c1-6-29-20-12-10-18(11-13-20)16-27(5)23(24-2)25-15-19-8-7-9-21(14-19)30-17-22(28)26(3)4;/h7-14H,6,15-17H2,1-5H3,(H,24,25);1H. The van der Waals surface area contributed by atoms with E-state index in [1.54, 1.807) is 21.1 Å². The van der Waals surface area contributed by atoms with Gasteiger partial charge in [0.25, 0.3) is 5.91 Å². The van der Waals surface area contributed by atoms with E-state index in [4.69, 9.17) is 9.47 Å². The summed E-state index contributed by atoms with van der Waals surface area (Å²) in [6.07, 6.45) is 0. The lowest BCUT2D eigenvalue weighted by molar-refractivity contribution is -0.130. The summed E-state index contributed by atoms with van der Waals surface area (Å²) in [7, 11) is 7.19. The van der Waals surface area contributed by atoms with Crippen molar-refractivity contribution in [2.24, 2.45) is 4.99 Å². The van der Waals surface area contributed by atoms with E-state index in [0.717, 1.165) is 23.8 Å². The van der Waals surface area contributed by atoms with Crippen molar-refractivity contribution < 1.29 is 14.3 Å². The van der Waals surface area contributed by atoms with Crippen molar-refractivity contribution in [3.8, 4) is 11.5 Å². The summed E-state index contributed by atoms with van der Waals surface area (Å²) in [6, 6.07) is 15.8. The van der Waals surface area contributed by atoms with Gasteiger partial charge >= 0.3 is 0 Å². The molecule has 0 atom stereocenters. The highest BCUT2D eigenvalue weighted by molar-refractivity contribution is 14.0. The number of nitrogens with one attached hydrogen (secondary N) is 1. The molecule has 0 fully saturated rings. The van der Waals surface area contributed by atoms with Crippen LogP contribution in [0.3, 0.4) is 0 Å². The number of benzene rings is 2. The molecule has 0 aliphatic heterocycles. The lowest BCUT2D eigenvalue weighted by Gasteiger charge is -2.22. The van der Waals surface area contributed by atoms with Crippen molar-refractivity contribution in [1.82, 2.24) is 15.1 Å². The van der Waals surface area contributed by atoms with Crippen LogP contribution in [-0.2, 0) is 17.9 Å². The molecule has 7 nitrogen and oxygen atoms in total. The van der Waals surface area contributed by atoms with Crippen molar-refractivity contribution in [3.05, 3.63) is 59.7 Å². The Labute approximate surface area is 202 Å². The molecule has 0 heterocycles. The first-order chi connectivity index (χ1) is 14.4. The number of rotatable bonds is 9. The molecular formula is C23H33IN4O3. The van der Waals surface area contributed by atoms with Gasteiger partial charge in [-0.15, -0.1) is 24.0 Å². The van der Waals surface area contributed by atoms with Gasteiger partial charge in [0.15, 0.2) is 12.6 Å². The van der Waals surface area contributed by atoms with Crippen molar-refractivity contribution in [1.29, 1.82) is 0 Å². The number of carbonyl (C=O) groups excluding carboxylic acids is 1. The second kappa shape index (κ2) is 13.7. The molecule has 0 saturated heterocycles. The lowest BCUT2D eigenvalue weighted by Crippen LogP contribution is -2.38. The normalized spacial score (nSPS) is 10.7. The van der Waals surface area contributed by atoms with Crippen molar-refractivity contribution >= 4 is 35.8 Å². The van der Waals surface area contributed by atoms with E-state index in [1.165, 1.54) is 10.5 Å². The third-order valence-corrected chi connectivity index (χ3v) is 4.44. The molecule has 1 amide bonds. The topological polar surface area (TPSA) is 66.4 Å². The molecule has 170 valence electrons. The van der Waals surface area contributed by atoms with E-state index in [0.29, 0.717) is 18.9 Å². The molecule has 0 radical (unpaired) electrons. The van der Waals surface area contributed by atoms with E-state index < -0.39 is 0 Å². The highest BCUT2D eigenvalue weighted by Gasteiger charge is 2.08. The Kier molecular flexibility index (Phi) is 11.8. The first kappa shape index (κ1) is 26.5. The molecule has 31 heavy (non-hydrogen) atoms. The number of nitrogens with zero attached hydrogens (tertiary/aromatic N) is 3. The molecule has 2 rings (SSSR count). The van der Waals surface area contributed by atoms with Crippen LogP contribution in [0.1, 0.15) is 18.1 Å². The van der Waals surface area contributed by atoms with Crippen molar-refractivity contribution in [2.75, 3.05) is 41.4 Å². The SMILES string of the molecule is CCOc1ccc(CN(C)C(=NC)NCc2cccc(OCC(=O)N(C)C)c2)cc1.I. The molecule has 0 bridgehead atoms. The maximum atomic E-state index is 11.7. The Morgan fingerprint density at radius 3 is 2.32 bits per heavy atom.